The van der Waals surface area contributed by atoms with E-state index in [0.29, 0.717) is 0 Å². The Labute approximate surface area is 80.0 Å². The van der Waals surface area contributed by atoms with Crippen molar-refractivity contribution in [2.45, 2.75) is 39.0 Å². The molecule has 0 saturated carbocycles. The zero-order valence-electron chi connectivity index (χ0n) is 8.20. The van der Waals surface area contributed by atoms with Crippen molar-refractivity contribution < 1.29 is 9.90 Å². The van der Waals surface area contributed by atoms with E-state index < -0.39 is 5.97 Å². The Morgan fingerprint density at radius 1 is 1.23 bits per heavy atom. The SMILES string of the molecule is CCCCCC=CC=CCC(=O)O. The molecule has 0 rings (SSSR count). The summed E-state index contributed by atoms with van der Waals surface area (Å²) in [5.74, 6) is -0.782. The highest BCUT2D eigenvalue weighted by atomic mass is 16.4. The largest absolute Gasteiger partial charge is 0.481 e. The standard InChI is InChI=1S/C11H18O2/c1-2-3-4-5-6-7-8-9-10-11(12)13/h6-9H,2-5,10H2,1H3,(H,12,13). The van der Waals surface area contributed by atoms with Gasteiger partial charge in [-0.05, 0) is 12.8 Å². The van der Waals surface area contributed by atoms with Gasteiger partial charge in [0.2, 0.25) is 0 Å². The maximum absolute atomic E-state index is 10.1. The molecule has 2 nitrogen and oxygen atoms in total. The van der Waals surface area contributed by atoms with Gasteiger partial charge in [-0.15, -0.1) is 0 Å². The van der Waals surface area contributed by atoms with Gasteiger partial charge in [0.25, 0.3) is 0 Å². The fourth-order valence-corrected chi connectivity index (χ4v) is 0.934. The first-order valence-electron chi connectivity index (χ1n) is 4.80. The third-order valence-corrected chi connectivity index (χ3v) is 1.65. The highest BCUT2D eigenvalue weighted by Crippen LogP contribution is 1.99. The second kappa shape index (κ2) is 9.04. The second-order valence-corrected chi connectivity index (χ2v) is 2.95. The molecule has 0 unspecified atom stereocenters. The summed E-state index contributed by atoms with van der Waals surface area (Å²) in [6.07, 6.45) is 12.4. The average molecular weight is 182 g/mol. The summed E-state index contributed by atoms with van der Waals surface area (Å²) in [7, 11) is 0. The minimum absolute atomic E-state index is 0.110. The van der Waals surface area contributed by atoms with Gasteiger partial charge in [0.15, 0.2) is 0 Å². The molecule has 74 valence electrons. The summed E-state index contributed by atoms with van der Waals surface area (Å²) in [6.45, 7) is 2.18. The lowest BCUT2D eigenvalue weighted by Gasteiger charge is -1.89. The van der Waals surface area contributed by atoms with E-state index in [1.54, 1.807) is 12.2 Å². The zero-order chi connectivity index (χ0) is 9.94. The van der Waals surface area contributed by atoms with E-state index in [1.807, 2.05) is 6.08 Å². The molecule has 0 aromatic rings. The molecule has 0 fully saturated rings. The van der Waals surface area contributed by atoms with Crippen LogP contribution in [0.1, 0.15) is 39.0 Å². The van der Waals surface area contributed by atoms with Crippen molar-refractivity contribution >= 4 is 5.97 Å². The lowest BCUT2D eigenvalue weighted by Crippen LogP contribution is -1.89. The molecule has 0 atom stereocenters. The average Bonchev–Trinajstić information content (AvgIpc) is 2.09. The van der Waals surface area contributed by atoms with Crippen LogP contribution in [0.15, 0.2) is 24.3 Å². The predicted octanol–water partition coefficient (Wildman–Crippen LogP) is 3.15. The van der Waals surface area contributed by atoms with Gasteiger partial charge in [0, 0.05) is 0 Å². The van der Waals surface area contributed by atoms with Crippen LogP contribution in [0.4, 0.5) is 0 Å². The van der Waals surface area contributed by atoms with E-state index >= 15 is 0 Å². The molecular weight excluding hydrogens is 164 g/mol. The Bertz CT molecular complexity index is 181. The minimum Gasteiger partial charge on any atom is -0.481 e. The van der Waals surface area contributed by atoms with Crippen LogP contribution >= 0.6 is 0 Å². The van der Waals surface area contributed by atoms with Gasteiger partial charge in [-0.1, -0.05) is 44.1 Å². The Balaban J connectivity index is 3.29. The van der Waals surface area contributed by atoms with E-state index in [2.05, 4.69) is 13.0 Å². The number of unbranched alkanes of at least 4 members (excludes halogenated alkanes) is 3. The molecule has 0 heterocycles. The molecule has 0 aliphatic heterocycles. The summed E-state index contributed by atoms with van der Waals surface area (Å²) in [5.41, 5.74) is 0. The smallest absolute Gasteiger partial charge is 0.307 e. The van der Waals surface area contributed by atoms with Crippen molar-refractivity contribution in [2.75, 3.05) is 0 Å². The van der Waals surface area contributed by atoms with Crippen molar-refractivity contribution in [2.24, 2.45) is 0 Å². The monoisotopic (exact) mass is 182 g/mol. The van der Waals surface area contributed by atoms with Crippen molar-refractivity contribution in [3.05, 3.63) is 24.3 Å². The van der Waals surface area contributed by atoms with Crippen molar-refractivity contribution in [1.82, 2.24) is 0 Å². The summed E-state index contributed by atoms with van der Waals surface area (Å²) in [5, 5.41) is 8.31. The van der Waals surface area contributed by atoms with Crippen LogP contribution in [0.2, 0.25) is 0 Å². The van der Waals surface area contributed by atoms with Crippen LogP contribution in [0.3, 0.4) is 0 Å². The predicted molar refractivity (Wildman–Crippen MR) is 54.7 cm³/mol. The van der Waals surface area contributed by atoms with Gasteiger partial charge in [0.05, 0.1) is 6.42 Å². The molecule has 0 saturated heterocycles. The molecule has 13 heavy (non-hydrogen) atoms. The number of allylic oxidation sites excluding steroid dienone is 3. The number of rotatable bonds is 7. The molecule has 2 heteroatoms. The lowest BCUT2D eigenvalue weighted by atomic mass is 10.2. The van der Waals surface area contributed by atoms with E-state index in [0.717, 1.165) is 6.42 Å². The maximum Gasteiger partial charge on any atom is 0.307 e. The lowest BCUT2D eigenvalue weighted by molar-refractivity contribution is -0.135. The Morgan fingerprint density at radius 3 is 2.54 bits per heavy atom. The Morgan fingerprint density at radius 2 is 1.92 bits per heavy atom. The van der Waals surface area contributed by atoms with Gasteiger partial charge >= 0.3 is 5.97 Å². The third kappa shape index (κ3) is 10.9. The van der Waals surface area contributed by atoms with Crippen LogP contribution in [0.5, 0.6) is 0 Å². The highest BCUT2D eigenvalue weighted by Gasteiger charge is 1.86. The van der Waals surface area contributed by atoms with Gasteiger partial charge in [0.1, 0.15) is 0 Å². The van der Waals surface area contributed by atoms with Gasteiger partial charge in [-0.3, -0.25) is 4.79 Å². The molecule has 0 amide bonds. The first kappa shape index (κ1) is 11.9. The topological polar surface area (TPSA) is 37.3 Å². The number of hydrogen-bond acceptors (Lipinski definition) is 1. The van der Waals surface area contributed by atoms with Gasteiger partial charge in [-0.25, -0.2) is 0 Å². The zero-order valence-corrected chi connectivity index (χ0v) is 8.20. The van der Waals surface area contributed by atoms with E-state index in [-0.39, 0.29) is 6.42 Å². The number of aliphatic carboxylic acids is 1. The molecule has 0 radical (unpaired) electrons. The van der Waals surface area contributed by atoms with Gasteiger partial charge < -0.3 is 5.11 Å². The molecule has 1 N–H and O–H groups in total. The van der Waals surface area contributed by atoms with E-state index in [9.17, 15) is 4.79 Å². The van der Waals surface area contributed by atoms with Crippen LogP contribution < -0.4 is 0 Å². The number of carbonyl (C=O) groups is 1. The fourth-order valence-electron chi connectivity index (χ4n) is 0.934. The third-order valence-electron chi connectivity index (χ3n) is 1.65. The first-order valence-corrected chi connectivity index (χ1v) is 4.80. The van der Waals surface area contributed by atoms with Crippen molar-refractivity contribution in [3.63, 3.8) is 0 Å². The second-order valence-electron chi connectivity index (χ2n) is 2.95. The molecule has 0 aliphatic carbocycles. The molecule has 0 aromatic heterocycles. The number of carboxylic acid groups (broad SMARTS) is 1. The molecule has 0 spiro atoms. The van der Waals surface area contributed by atoms with Crippen LogP contribution in [-0.2, 0) is 4.79 Å². The summed E-state index contributed by atoms with van der Waals surface area (Å²) < 4.78 is 0. The quantitative estimate of drug-likeness (QED) is 0.485. The Hall–Kier alpha value is -1.05. The molecular formula is C11H18O2. The van der Waals surface area contributed by atoms with Crippen LogP contribution in [-0.4, -0.2) is 11.1 Å². The number of hydrogen-bond donors (Lipinski definition) is 1. The molecule has 0 aliphatic rings. The first-order chi connectivity index (χ1) is 6.27. The minimum atomic E-state index is -0.782. The Kier molecular flexibility index (Phi) is 8.31. The molecule has 0 bridgehead atoms. The van der Waals surface area contributed by atoms with Crippen LogP contribution in [0, 0.1) is 0 Å². The number of carboxylic acids is 1. The highest BCUT2D eigenvalue weighted by molar-refractivity contribution is 5.68. The van der Waals surface area contributed by atoms with Gasteiger partial charge in [-0.2, -0.15) is 0 Å². The maximum atomic E-state index is 10.1. The van der Waals surface area contributed by atoms with Crippen molar-refractivity contribution in [1.29, 1.82) is 0 Å². The summed E-state index contributed by atoms with van der Waals surface area (Å²) in [4.78, 5) is 10.1. The van der Waals surface area contributed by atoms with E-state index in [1.165, 1.54) is 19.3 Å². The molecule has 0 aromatic carbocycles. The normalized spacial score (nSPS) is 11.5. The van der Waals surface area contributed by atoms with E-state index in [4.69, 9.17) is 5.11 Å². The fraction of sp³-hybridized carbons (Fsp3) is 0.545. The van der Waals surface area contributed by atoms with Crippen LogP contribution in [0.25, 0.3) is 0 Å². The summed E-state index contributed by atoms with van der Waals surface area (Å²) in [6, 6.07) is 0. The van der Waals surface area contributed by atoms with Crippen molar-refractivity contribution in [3.8, 4) is 0 Å². The summed E-state index contributed by atoms with van der Waals surface area (Å²) >= 11 is 0.